The average molecular weight is 319 g/mol. The molecule has 0 spiro atoms. The molecule has 0 saturated carbocycles. The first-order valence-corrected chi connectivity index (χ1v) is 9.22. The fourth-order valence-electron chi connectivity index (χ4n) is 3.09. The first-order valence-electron chi connectivity index (χ1n) is 7.61. The van der Waals surface area contributed by atoms with Crippen molar-refractivity contribution >= 4 is 10.0 Å². The lowest BCUT2D eigenvalue weighted by Gasteiger charge is -2.34. The zero-order valence-electron chi connectivity index (χ0n) is 12.7. The van der Waals surface area contributed by atoms with Crippen LogP contribution in [0, 0.1) is 6.92 Å². The van der Waals surface area contributed by atoms with Crippen LogP contribution in [0.5, 0.6) is 0 Å². The van der Waals surface area contributed by atoms with Crippen LogP contribution < -0.4 is 0 Å². The standard InChI is InChI=1S/C16H21N3O2S/c1-13-11-17-18-16(13)15-9-5-6-10-19(15)22(20,21)12-14-7-3-2-4-8-14/h2-4,7-8,11,15H,5-6,9-10,12H2,1H3,(H,17,18)/t15-/m0/s1. The summed E-state index contributed by atoms with van der Waals surface area (Å²) in [6.45, 7) is 2.55. The molecule has 0 unspecified atom stereocenters. The summed E-state index contributed by atoms with van der Waals surface area (Å²) in [5, 5.41) is 7.04. The van der Waals surface area contributed by atoms with E-state index in [0.717, 1.165) is 36.1 Å². The molecule has 0 amide bonds. The van der Waals surface area contributed by atoms with Gasteiger partial charge in [0.15, 0.2) is 0 Å². The van der Waals surface area contributed by atoms with E-state index in [4.69, 9.17) is 0 Å². The Balaban J connectivity index is 1.88. The van der Waals surface area contributed by atoms with Gasteiger partial charge in [0, 0.05) is 6.54 Å². The molecule has 1 saturated heterocycles. The quantitative estimate of drug-likeness (QED) is 0.942. The zero-order valence-corrected chi connectivity index (χ0v) is 13.5. The Hall–Kier alpha value is -1.66. The monoisotopic (exact) mass is 319 g/mol. The number of benzene rings is 1. The molecule has 2 heterocycles. The van der Waals surface area contributed by atoms with E-state index in [1.165, 1.54) is 0 Å². The van der Waals surface area contributed by atoms with Gasteiger partial charge in [0.2, 0.25) is 10.0 Å². The molecule has 5 nitrogen and oxygen atoms in total. The molecule has 1 fully saturated rings. The van der Waals surface area contributed by atoms with E-state index in [-0.39, 0.29) is 11.8 Å². The minimum Gasteiger partial charge on any atom is -0.281 e. The van der Waals surface area contributed by atoms with Crippen LogP contribution in [-0.4, -0.2) is 29.5 Å². The lowest BCUT2D eigenvalue weighted by molar-refractivity contribution is 0.250. The van der Waals surface area contributed by atoms with Crippen LogP contribution in [0.1, 0.15) is 42.1 Å². The van der Waals surface area contributed by atoms with E-state index in [1.54, 1.807) is 10.5 Å². The topological polar surface area (TPSA) is 66.1 Å². The smallest absolute Gasteiger partial charge is 0.218 e. The maximum absolute atomic E-state index is 12.9. The van der Waals surface area contributed by atoms with Gasteiger partial charge in [0.25, 0.3) is 0 Å². The van der Waals surface area contributed by atoms with Crippen molar-refractivity contribution in [3.8, 4) is 0 Å². The Morgan fingerprint density at radius 1 is 1.27 bits per heavy atom. The van der Waals surface area contributed by atoms with Gasteiger partial charge in [-0.25, -0.2) is 8.42 Å². The first kappa shape index (κ1) is 15.2. The van der Waals surface area contributed by atoms with E-state index in [0.29, 0.717) is 6.54 Å². The third-order valence-corrected chi connectivity index (χ3v) is 6.05. The number of nitrogens with one attached hydrogen (secondary N) is 1. The van der Waals surface area contributed by atoms with Gasteiger partial charge in [-0.15, -0.1) is 0 Å². The van der Waals surface area contributed by atoms with Crippen molar-refractivity contribution in [2.75, 3.05) is 6.54 Å². The van der Waals surface area contributed by atoms with Gasteiger partial charge >= 0.3 is 0 Å². The molecule has 1 aromatic carbocycles. The van der Waals surface area contributed by atoms with Gasteiger partial charge in [-0.3, -0.25) is 5.10 Å². The second kappa shape index (κ2) is 6.22. The number of hydrogen-bond donors (Lipinski definition) is 1. The number of aromatic amines is 1. The summed E-state index contributed by atoms with van der Waals surface area (Å²) in [7, 11) is -3.34. The van der Waals surface area contributed by atoms with E-state index in [2.05, 4.69) is 10.2 Å². The number of H-pyrrole nitrogens is 1. The molecule has 22 heavy (non-hydrogen) atoms. The van der Waals surface area contributed by atoms with Crippen molar-refractivity contribution in [3.63, 3.8) is 0 Å². The number of hydrogen-bond acceptors (Lipinski definition) is 3. The normalized spacial score (nSPS) is 20.1. The zero-order chi connectivity index (χ0) is 15.6. The van der Waals surface area contributed by atoms with Gasteiger partial charge in [0.1, 0.15) is 0 Å². The molecule has 0 bridgehead atoms. The Labute approximate surface area is 131 Å². The van der Waals surface area contributed by atoms with Gasteiger partial charge in [-0.2, -0.15) is 9.40 Å². The van der Waals surface area contributed by atoms with Crippen molar-refractivity contribution in [2.24, 2.45) is 0 Å². The molecule has 1 N–H and O–H groups in total. The highest BCUT2D eigenvalue weighted by Crippen LogP contribution is 2.34. The first-order chi connectivity index (χ1) is 10.6. The minimum absolute atomic E-state index is 0.0531. The van der Waals surface area contributed by atoms with Crippen LogP contribution in [0.4, 0.5) is 0 Å². The second-order valence-electron chi connectivity index (χ2n) is 5.83. The van der Waals surface area contributed by atoms with Crippen molar-refractivity contribution in [1.29, 1.82) is 0 Å². The maximum Gasteiger partial charge on any atom is 0.218 e. The third-order valence-electron chi connectivity index (χ3n) is 4.20. The van der Waals surface area contributed by atoms with Crippen LogP contribution in [-0.2, 0) is 15.8 Å². The predicted octanol–water partition coefficient (Wildman–Crippen LogP) is 2.78. The van der Waals surface area contributed by atoms with Crippen molar-refractivity contribution in [3.05, 3.63) is 53.3 Å². The van der Waals surface area contributed by atoms with Gasteiger partial charge in [-0.05, 0) is 30.9 Å². The molecule has 1 aromatic heterocycles. The lowest BCUT2D eigenvalue weighted by atomic mass is 10.00. The van der Waals surface area contributed by atoms with Crippen molar-refractivity contribution < 1.29 is 8.42 Å². The molecule has 0 aliphatic carbocycles. The molecule has 0 radical (unpaired) electrons. The summed E-state index contributed by atoms with van der Waals surface area (Å²) >= 11 is 0. The van der Waals surface area contributed by atoms with Gasteiger partial charge < -0.3 is 0 Å². The summed E-state index contributed by atoms with van der Waals surface area (Å²) in [6, 6.07) is 9.24. The van der Waals surface area contributed by atoms with E-state index in [1.807, 2.05) is 37.3 Å². The molecule has 2 aromatic rings. The van der Waals surface area contributed by atoms with Crippen LogP contribution in [0.15, 0.2) is 36.5 Å². The Morgan fingerprint density at radius 2 is 2.05 bits per heavy atom. The van der Waals surface area contributed by atoms with E-state index >= 15 is 0 Å². The summed E-state index contributed by atoms with van der Waals surface area (Å²) in [5.41, 5.74) is 2.77. The molecular formula is C16H21N3O2S. The number of aromatic nitrogens is 2. The molecule has 1 aliphatic rings. The van der Waals surface area contributed by atoms with Crippen molar-refractivity contribution in [1.82, 2.24) is 14.5 Å². The number of sulfonamides is 1. The van der Waals surface area contributed by atoms with Crippen LogP contribution in [0.2, 0.25) is 0 Å². The Morgan fingerprint density at radius 3 is 2.73 bits per heavy atom. The summed E-state index contributed by atoms with van der Waals surface area (Å²) < 4.78 is 27.4. The maximum atomic E-state index is 12.9. The van der Waals surface area contributed by atoms with Crippen LogP contribution in [0.3, 0.4) is 0 Å². The summed E-state index contributed by atoms with van der Waals surface area (Å²) in [4.78, 5) is 0. The molecule has 1 aliphatic heterocycles. The summed E-state index contributed by atoms with van der Waals surface area (Å²) in [6.07, 6.45) is 4.56. The number of piperidine rings is 1. The number of rotatable bonds is 4. The number of nitrogens with zero attached hydrogens (tertiary/aromatic N) is 2. The SMILES string of the molecule is Cc1cn[nH]c1[C@@H]1CCCCN1S(=O)(=O)Cc1ccccc1. The van der Waals surface area contributed by atoms with Gasteiger partial charge in [0.05, 0.1) is 23.7 Å². The van der Waals surface area contributed by atoms with E-state index < -0.39 is 10.0 Å². The fraction of sp³-hybridized carbons (Fsp3) is 0.438. The highest BCUT2D eigenvalue weighted by atomic mass is 32.2. The molecular weight excluding hydrogens is 298 g/mol. The average Bonchev–Trinajstić information content (AvgIpc) is 2.94. The van der Waals surface area contributed by atoms with Crippen LogP contribution in [0.25, 0.3) is 0 Å². The Kier molecular flexibility index (Phi) is 4.31. The fourth-order valence-corrected chi connectivity index (χ4v) is 4.87. The molecule has 6 heteroatoms. The summed E-state index contributed by atoms with van der Waals surface area (Å²) in [5.74, 6) is 0.0531. The highest BCUT2D eigenvalue weighted by Gasteiger charge is 2.34. The Bertz CT molecular complexity index is 725. The van der Waals surface area contributed by atoms with E-state index in [9.17, 15) is 8.42 Å². The predicted molar refractivity (Wildman–Crippen MR) is 85.7 cm³/mol. The minimum atomic E-state index is -3.34. The second-order valence-corrected chi connectivity index (χ2v) is 7.75. The largest absolute Gasteiger partial charge is 0.281 e. The molecule has 3 rings (SSSR count). The van der Waals surface area contributed by atoms with Crippen molar-refractivity contribution in [2.45, 2.75) is 38.0 Å². The lowest BCUT2D eigenvalue weighted by Crippen LogP contribution is -2.39. The highest BCUT2D eigenvalue weighted by molar-refractivity contribution is 7.88. The van der Waals surface area contributed by atoms with Gasteiger partial charge in [-0.1, -0.05) is 36.8 Å². The molecule has 118 valence electrons. The number of aryl methyl sites for hydroxylation is 1. The third kappa shape index (κ3) is 3.08. The molecule has 1 atom stereocenters. The van der Waals surface area contributed by atoms with Crippen LogP contribution >= 0.6 is 0 Å².